The Morgan fingerprint density at radius 1 is 1.19 bits per heavy atom. The highest BCUT2D eigenvalue weighted by molar-refractivity contribution is 7.90. The number of sulfonamides is 1. The van der Waals surface area contributed by atoms with Gasteiger partial charge in [0.25, 0.3) is 5.91 Å². The van der Waals surface area contributed by atoms with Gasteiger partial charge in [0.15, 0.2) is 6.61 Å². The molecule has 12 heteroatoms. The van der Waals surface area contributed by atoms with E-state index in [4.69, 9.17) is 9.47 Å². The van der Waals surface area contributed by atoms with Crippen LogP contribution in [-0.2, 0) is 19.6 Å². The molecule has 2 atom stereocenters. The van der Waals surface area contributed by atoms with Gasteiger partial charge < -0.3 is 14.4 Å². The van der Waals surface area contributed by atoms with Crippen LogP contribution in [0, 0.1) is 6.92 Å². The smallest absolute Gasteiger partial charge is 0.467 e. The second-order valence-corrected chi connectivity index (χ2v) is 10.3. The number of ether oxygens (including phenoxy) is 2. The molecule has 1 amide bonds. The number of nitrogens with zero attached hydrogens (tertiary/aromatic N) is 2. The van der Waals surface area contributed by atoms with Gasteiger partial charge in [-0.15, -0.1) is 0 Å². The monoisotopic (exact) mass is 477 g/mol. The van der Waals surface area contributed by atoms with E-state index in [1.807, 2.05) is 13.0 Å². The third-order valence-electron chi connectivity index (χ3n) is 6.57. The maximum atomic E-state index is 12.9. The van der Waals surface area contributed by atoms with Crippen molar-refractivity contribution < 1.29 is 35.9 Å². The minimum absolute atomic E-state index is 0.0453. The van der Waals surface area contributed by atoms with Crippen LogP contribution in [-0.4, -0.2) is 67.7 Å². The van der Waals surface area contributed by atoms with Crippen molar-refractivity contribution in [3.63, 3.8) is 0 Å². The first-order chi connectivity index (χ1) is 15.1. The highest BCUT2D eigenvalue weighted by atomic mass is 32.2. The number of aryl methyl sites for hydroxylation is 1. The van der Waals surface area contributed by atoms with Crippen molar-refractivity contribution in [3.05, 3.63) is 23.4 Å². The molecule has 1 aromatic heterocycles. The molecular weight excluding hydrogens is 451 g/mol. The van der Waals surface area contributed by atoms with Crippen molar-refractivity contribution in [3.8, 4) is 5.88 Å². The largest absolute Gasteiger partial charge is 0.511 e. The number of fused-ring (bicyclic) bond motifs is 5. The SMILES string of the molecule is Cc1ccnc2c1C1CCC(CC1)OCC1[C@@H](NS(=O)(=O)C(F)(F)F)CCN1C(=O)CO2. The Morgan fingerprint density at radius 3 is 2.59 bits per heavy atom. The fraction of sp³-hybridized carbons (Fsp3) is 0.700. The second kappa shape index (κ2) is 8.79. The van der Waals surface area contributed by atoms with Crippen molar-refractivity contribution in [2.45, 2.75) is 68.6 Å². The Bertz CT molecular complexity index is 964. The number of halogens is 3. The predicted molar refractivity (Wildman–Crippen MR) is 107 cm³/mol. The van der Waals surface area contributed by atoms with Crippen LogP contribution in [0.4, 0.5) is 13.2 Å². The number of rotatable bonds is 2. The Kier molecular flexibility index (Phi) is 6.38. The Hall–Kier alpha value is -1.92. The lowest BCUT2D eigenvalue weighted by molar-refractivity contribution is -0.136. The third kappa shape index (κ3) is 4.58. The Labute approximate surface area is 184 Å². The molecule has 4 aliphatic rings. The predicted octanol–water partition coefficient (Wildman–Crippen LogP) is 2.23. The molecule has 1 saturated heterocycles. The number of hydrogen-bond acceptors (Lipinski definition) is 6. The van der Waals surface area contributed by atoms with Crippen LogP contribution in [0.15, 0.2) is 12.3 Å². The van der Waals surface area contributed by atoms with Crippen molar-refractivity contribution in [2.75, 3.05) is 19.8 Å². The van der Waals surface area contributed by atoms with E-state index in [9.17, 15) is 26.4 Å². The molecule has 1 unspecified atom stereocenters. The van der Waals surface area contributed by atoms with Crippen LogP contribution in [0.1, 0.15) is 49.1 Å². The molecule has 3 aliphatic heterocycles. The molecule has 178 valence electrons. The van der Waals surface area contributed by atoms with Gasteiger partial charge in [0.05, 0.1) is 18.8 Å². The van der Waals surface area contributed by atoms with Gasteiger partial charge in [0.2, 0.25) is 5.88 Å². The number of aromatic nitrogens is 1. The van der Waals surface area contributed by atoms with E-state index in [-0.39, 0.29) is 38.2 Å². The maximum absolute atomic E-state index is 12.9. The molecule has 0 spiro atoms. The summed E-state index contributed by atoms with van der Waals surface area (Å²) in [5, 5.41) is 0. The molecule has 0 aromatic carbocycles. The van der Waals surface area contributed by atoms with E-state index in [0.717, 1.165) is 36.8 Å². The van der Waals surface area contributed by atoms with Gasteiger partial charge in [-0.1, -0.05) is 0 Å². The second-order valence-electron chi connectivity index (χ2n) is 8.56. The van der Waals surface area contributed by atoms with Crippen molar-refractivity contribution in [1.82, 2.24) is 14.6 Å². The maximum Gasteiger partial charge on any atom is 0.511 e. The lowest BCUT2D eigenvalue weighted by Gasteiger charge is -2.32. The number of carbonyl (C=O) groups is 1. The number of pyridine rings is 1. The zero-order valence-electron chi connectivity index (χ0n) is 17.6. The Morgan fingerprint density at radius 2 is 1.91 bits per heavy atom. The van der Waals surface area contributed by atoms with Gasteiger partial charge in [0.1, 0.15) is 0 Å². The molecule has 0 radical (unpaired) electrons. The van der Waals surface area contributed by atoms with Crippen molar-refractivity contribution in [2.24, 2.45) is 0 Å². The summed E-state index contributed by atoms with van der Waals surface area (Å²) in [7, 11) is -5.55. The molecule has 2 bridgehead atoms. The van der Waals surface area contributed by atoms with Crippen LogP contribution in [0.2, 0.25) is 0 Å². The van der Waals surface area contributed by atoms with Gasteiger partial charge in [0, 0.05) is 24.3 Å². The summed E-state index contributed by atoms with van der Waals surface area (Å²) in [6.45, 7) is 1.69. The van der Waals surface area contributed by atoms with E-state index in [1.54, 1.807) is 10.9 Å². The van der Waals surface area contributed by atoms with Crippen LogP contribution >= 0.6 is 0 Å². The average molecular weight is 478 g/mol. The number of alkyl halides is 3. The third-order valence-corrected chi connectivity index (χ3v) is 7.79. The number of carbonyl (C=O) groups excluding carboxylic acids is 1. The van der Waals surface area contributed by atoms with E-state index in [0.29, 0.717) is 5.88 Å². The molecule has 5 rings (SSSR count). The summed E-state index contributed by atoms with van der Waals surface area (Å²) >= 11 is 0. The van der Waals surface area contributed by atoms with Crippen molar-refractivity contribution >= 4 is 15.9 Å². The van der Waals surface area contributed by atoms with Crippen LogP contribution in [0.5, 0.6) is 5.88 Å². The molecule has 1 saturated carbocycles. The molecule has 1 aliphatic carbocycles. The standard InChI is InChI=1S/C20H26F3N3O5S/c1-12-6-8-24-19-18(12)13-2-4-14(5-3-13)30-10-16-15(25-32(28,29)20(21,22)23)7-9-26(16)17(27)11-31-19/h6,8,13-16,25H,2-5,7,9-11H2,1H3/t13?,14?,15-,16?/m0/s1. The minimum atomic E-state index is -5.55. The van der Waals surface area contributed by atoms with Gasteiger partial charge in [-0.3, -0.25) is 4.79 Å². The van der Waals surface area contributed by atoms with E-state index in [1.165, 1.54) is 4.90 Å². The summed E-state index contributed by atoms with van der Waals surface area (Å²) in [4.78, 5) is 18.6. The molecule has 32 heavy (non-hydrogen) atoms. The van der Waals surface area contributed by atoms with Crippen LogP contribution < -0.4 is 9.46 Å². The molecule has 8 nitrogen and oxygen atoms in total. The van der Waals surface area contributed by atoms with Gasteiger partial charge >= 0.3 is 15.5 Å². The van der Waals surface area contributed by atoms with E-state index >= 15 is 0 Å². The average Bonchev–Trinajstić information content (AvgIpc) is 3.12. The number of nitrogens with one attached hydrogen (secondary N) is 1. The highest BCUT2D eigenvalue weighted by Crippen LogP contribution is 2.40. The summed E-state index contributed by atoms with van der Waals surface area (Å²) in [6.07, 6.45) is 4.73. The fourth-order valence-electron chi connectivity index (χ4n) is 4.90. The van der Waals surface area contributed by atoms with Crippen molar-refractivity contribution in [1.29, 1.82) is 0 Å². The summed E-state index contributed by atoms with van der Waals surface area (Å²) < 4.78 is 75.5. The van der Waals surface area contributed by atoms with Crippen LogP contribution in [0.25, 0.3) is 0 Å². The summed E-state index contributed by atoms with van der Waals surface area (Å²) in [5.74, 6) is 0.167. The molecule has 2 fully saturated rings. The highest BCUT2D eigenvalue weighted by Gasteiger charge is 2.50. The van der Waals surface area contributed by atoms with Gasteiger partial charge in [-0.05, 0) is 56.6 Å². The zero-order valence-corrected chi connectivity index (χ0v) is 18.4. The quantitative estimate of drug-likeness (QED) is 0.702. The minimum Gasteiger partial charge on any atom is -0.467 e. The fourth-order valence-corrected chi connectivity index (χ4v) is 5.70. The number of hydrogen-bond donors (Lipinski definition) is 1. The first kappa shape index (κ1) is 23.2. The number of amides is 1. The van der Waals surface area contributed by atoms with E-state index in [2.05, 4.69) is 4.98 Å². The molecule has 1 N–H and O–H groups in total. The molecule has 1 aromatic rings. The van der Waals surface area contributed by atoms with Gasteiger partial charge in [-0.2, -0.15) is 13.2 Å². The lowest BCUT2D eigenvalue weighted by atomic mass is 9.81. The molecular formula is C20H26F3N3O5S. The summed E-state index contributed by atoms with van der Waals surface area (Å²) in [6, 6.07) is -0.0511. The summed E-state index contributed by atoms with van der Waals surface area (Å²) in [5.41, 5.74) is -3.42. The lowest BCUT2D eigenvalue weighted by Crippen LogP contribution is -2.52. The zero-order chi connectivity index (χ0) is 23.1. The first-order valence-corrected chi connectivity index (χ1v) is 12.1. The molecule has 4 heterocycles. The normalized spacial score (nSPS) is 29.4. The van der Waals surface area contributed by atoms with Gasteiger partial charge in [-0.25, -0.2) is 18.1 Å². The topological polar surface area (TPSA) is 97.8 Å². The first-order valence-electron chi connectivity index (χ1n) is 10.6. The Balaban J connectivity index is 1.60. The van der Waals surface area contributed by atoms with Crippen LogP contribution in [0.3, 0.4) is 0 Å². The van der Waals surface area contributed by atoms with E-state index < -0.39 is 33.5 Å².